The molecular formula is C21H25ClO6PPdS3-3. The van der Waals surface area contributed by atoms with Crippen molar-refractivity contribution in [2.75, 3.05) is 0 Å². The second-order valence-electron chi connectivity index (χ2n) is 6.14. The molecule has 0 aliphatic carbocycles. The van der Waals surface area contributed by atoms with Gasteiger partial charge in [0.25, 0.3) is 0 Å². The Hall–Kier alpha value is -0.628. The molecule has 0 saturated carbocycles. The fourth-order valence-electron chi connectivity index (χ4n) is 1.95. The van der Waals surface area contributed by atoms with Crippen LogP contribution in [-0.4, -0.2) is 26.3 Å². The summed E-state index contributed by atoms with van der Waals surface area (Å²) in [7, 11) is 0. The molecule has 188 valence electrons. The Morgan fingerprint density at radius 2 is 0.636 bits per heavy atom. The van der Waals surface area contributed by atoms with E-state index in [0.29, 0.717) is 14.7 Å². The Kier molecular flexibility index (Phi) is 22.0. The Balaban J connectivity index is -0.000000391. The zero-order chi connectivity index (χ0) is 22.7. The molecule has 33 heavy (non-hydrogen) atoms. The molecule has 0 N–H and O–H groups in total. The molecule has 3 aromatic rings. The summed E-state index contributed by atoms with van der Waals surface area (Å²) in [6.07, 6.45) is 0. The summed E-state index contributed by atoms with van der Waals surface area (Å²) in [4.78, 5) is 1.02. The summed E-state index contributed by atoms with van der Waals surface area (Å²) >= 11 is -6.26. The maximum atomic E-state index is 10.3. The van der Waals surface area contributed by atoms with Crippen LogP contribution in [0, 0.1) is 20.8 Å². The summed E-state index contributed by atoms with van der Waals surface area (Å²) in [6.45, 7) is 5.74. The van der Waals surface area contributed by atoms with Gasteiger partial charge in [-0.05, 0) is 90.4 Å². The average Bonchev–Trinajstić information content (AvgIpc) is 2.70. The van der Waals surface area contributed by atoms with Crippen molar-refractivity contribution >= 4 is 55.5 Å². The number of hydrogen-bond acceptors (Lipinski definition) is 6. The van der Waals surface area contributed by atoms with Crippen LogP contribution < -0.4 is 0 Å². The normalized spacial score (nSPS) is 11.8. The molecule has 0 bridgehead atoms. The summed E-state index contributed by atoms with van der Waals surface area (Å²) in [5.41, 5.74) is 3.19. The molecule has 0 heterocycles. The van der Waals surface area contributed by atoms with Crippen LogP contribution in [-0.2, 0) is 53.7 Å². The third kappa shape index (κ3) is 15.8. The Bertz CT molecular complexity index is 872. The molecule has 0 aliphatic heterocycles. The van der Waals surface area contributed by atoms with E-state index in [0.717, 1.165) is 16.7 Å². The van der Waals surface area contributed by atoms with E-state index in [-0.39, 0.29) is 42.7 Å². The van der Waals surface area contributed by atoms with Gasteiger partial charge in [0.2, 0.25) is 0 Å². The molecule has 4 atom stereocenters. The van der Waals surface area contributed by atoms with Crippen molar-refractivity contribution in [2.45, 2.75) is 35.5 Å². The van der Waals surface area contributed by atoms with Crippen molar-refractivity contribution in [3.63, 3.8) is 0 Å². The summed E-state index contributed by atoms with van der Waals surface area (Å²) in [5.74, 6) is 0. The molecule has 3 rings (SSSR count). The molecule has 4 unspecified atom stereocenters. The van der Waals surface area contributed by atoms with Gasteiger partial charge in [0.15, 0.2) is 0 Å². The van der Waals surface area contributed by atoms with Gasteiger partial charge in [-0.2, -0.15) is 9.90 Å². The first-order chi connectivity index (χ1) is 14.1. The van der Waals surface area contributed by atoms with Gasteiger partial charge < -0.3 is 13.7 Å². The molecule has 3 aromatic carbocycles. The quantitative estimate of drug-likeness (QED) is 0.240. The van der Waals surface area contributed by atoms with Gasteiger partial charge in [-0.15, -0.1) is 12.4 Å². The summed E-state index contributed by atoms with van der Waals surface area (Å²) in [5, 5.41) is 0. The minimum Gasteiger partial charge on any atom is -0.768 e. The topological polar surface area (TPSA) is 120 Å². The number of hydrogen-bond donors (Lipinski definition) is 0. The fraction of sp³-hybridized carbons (Fsp3) is 0.143. The van der Waals surface area contributed by atoms with Gasteiger partial charge >= 0.3 is 0 Å². The zero-order valence-corrected chi connectivity index (χ0v) is 24.3. The third-order valence-corrected chi connectivity index (χ3v) is 5.61. The maximum absolute atomic E-state index is 10.3. The standard InChI is InChI=1S/3C7H8O2S.ClH.H3P.Pd/c3*1-6-2-4-7(5-3-6)10(8)9;;;/h3*2-5H,1H3,(H,8,9);1H;1H3;/p-3. The first kappa shape index (κ1) is 36.9. The Morgan fingerprint density at radius 3 is 0.758 bits per heavy atom. The monoisotopic (exact) mass is 641 g/mol. The number of benzene rings is 3. The van der Waals surface area contributed by atoms with E-state index < -0.39 is 33.2 Å². The second-order valence-corrected chi connectivity index (χ2v) is 8.97. The Labute approximate surface area is 225 Å². The van der Waals surface area contributed by atoms with Gasteiger partial charge in [-0.3, -0.25) is 12.6 Å². The van der Waals surface area contributed by atoms with Gasteiger partial charge in [-0.25, -0.2) is 0 Å². The van der Waals surface area contributed by atoms with Crippen molar-refractivity contribution in [2.24, 2.45) is 0 Å². The van der Waals surface area contributed by atoms with Crippen LogP contribution in [0.2, 0.25) is 0 Å². The minimum atomic E-state index is -2.09. The van der Waals surface area contributed by atoms with E-state index >= 15 is 0 Å². The third-order valence-electron chi connectivity index (χ3n) is 3.64. The maximum Gasteiger partial charge on any atom is 0.0248 e. The predicted octanol–water partition coefficient (Wildman–Crippen LogP) is 4.18. The van der Waals surface area contributed by atoms with Crippen molar-refractivity contribution in [1.82, 2.24) is 0 Å². The van der Waals surface area contributed by atoms with Crippen LogP contribution in [0.15, 0.2) is 87.5 Å². The van der Waals surface area contributed by atoms with E-state index in [1.165, 1.54) is 0 Å². The molecular weight excluding hydrogens is 617 g/mol. The second kappa shape index (κ2) is 19.7. The molecule has 0 aromatic heterocycles. The molecule has 0 fully saturated rings. The van der Waals surface area contributed by atoms with Gasteiger partial charge in [0, 0.05) is 35.1 Å². The van der Waals surface area contributed by atoms with Crippen molar-refractivity contribution in [3.05, 3.63) is 89.5 Å². The van der Waals surface area contributed by atoms with Crippen LogP contribution in [0.4, 0.5) is 0 Å². The molecule has 12 heteroatoms. The molecule has 0 aliphatic rings. The zero-order valence-electron chi connectivity index (χ0n) is 18.0. The summed E-state index contributed by atoms with van der Waals surface area (Å²) < 4.78 is 61.9. The van der Waals surface area contributed by atoms with E-state index in [9.17, 15) is 26.3 Å². The number of rotatable bonds is 3. The Morgan fingerprint density at radius 1 is 0.485 bits per heavy atom. The van der Waals surface area contributed by atoms with Crippen LogP contribution in [0.3, 0.4) is 0 Å². The average molecular weight is 642 g/mol. The first-order valence-electron chi connectivity index (χ1n) is 8.58. The number of aryl methyl sites for hydroxylation is 3. The molecule has 0 amide bonds. The van der Waals surface area contributed by atoms with Crippen LogP contribution >= 0.6 is 22.3 Å². The van der Waals surface area contributed by atoms with Gasteiger partial charge in [0.1, 0.15) is 0 Å². The van der Waals surface area contributed by atoms with E-state index in [1.54, 1.807) is 72.8 Å². The number of halogens is 1. The van der Waals surface area contributed by atoms with Crippen molar-refractivity contribution in [1.29, 1.82) is 0 Å². The van der Waals surface area contributed by atoms with Crippen molar-refractivity contribution in [3.8, 4) is 0 Å². The van der Waals surface area contributed by atoms with Crippen LogP contribution in [0.5, 0.6) is 0 Å². The summed E-state index contributed by atoms with van der Waals surface area (Å²) in [6, 6.07) is 20.1. The predicted molar refractivity (Wildman–Crippen MR) is 133 cm³/mol. The van der Waals surface area contributed by atoms with Crippen LogP contribution in [0.25, 0.3) is 0 Å². The molecule has 0 spiro atoms. The van der Waals surface area contributed by atoms with Crippen LogP contribution in [0.1, 0.15) is 16.7 Å². The van der Waals surface area contributed by atoms with Crippen molar-refractivity contribution < 1.29 is 46.7 Å². The molecule has 6 nitrogen and oxygen atoms in total. The van der Waals surface area contributed by atoms with E-state index in [1.807, 2.05) is 20.8 Å². The van der Waals surface area contributed by atoms with Gasteiger partial charge in [-0.1, -0.05) is 53.1 Å². The smallest absolute Gasteiger partial charge is 0.0248 e. The molecule has 0 radical (unpaired) electrons. The van der Waals surface area contributed by atoms with Gasteiger partial charge in [0.05, 0.1) is 0 Å². The van der Waals surface area contributed by atoms with E-state index in [4.69, 9.17) is 0 Å². The fourth-order valence-corrected chi connectivity index (χ4v) is 3.02. The van der Waals surface area contributed by atoms with E-state index in [2.05, 4.69) is 0 Å². The first-order valence-corrected chi connectivity index (χ1v) is 11.8. The molecule has 0 saturated heterocycles. The largest absolute Gasteiger partial charge is 0.768 e. The minimum absolute atomic E-state index is 0. The SMILES string of the molecule is Cc1ccc(S(=O)[O-])cc1.Cc1ccc(S(=O)[O-])cc1.Cc1ccc(S(=O)[O-])cc1.Cl.P.[Pd].